The van der Waals surface area contributed by atoms with E-state index in [-0.39, 0.29) is 24.1 Å². The second-order valence-electron chi connectivity index (χ2n) is 6.58. The highest BCUT2D eigenvalue weighted by Gasteiger charge is 2.16. The molecule has 26 heavy (non-hydrogen) atoms. The quantitative estimate of drug-likeness (QED) is 0.838. The molecule has 1 saturated heterocycles. The Balaban J connectivity index is 0.00000243. The van der Waals surface area contributed by atoms with E-state index < -0.39 is 5.82 Å². The minimum Gasteiger partial charge on any atom is -0.352 e. The molecule has 0 radical (unpaired) electrons. The Morgan fingerprint density at radius 1 is 1.19 bits per heavy atom. The topological polar surface area (TPSA) is 41.1 Å². The zero-order chi connectivity index (χ0) is 17.8. The van der Waals surface area contributed by atoms with Gasteiger partial charge in [0.15, 0.2) is 0 Å². The molecule has 1 fully saturated rings. The van der Waals surface area contributed by atoms with E-state index in [1.54, 1.807) is 25.1 Å². The Kier molecular flexibility index (Phi) is 7.12. The maximum atomic E-state index is 14.5. The first-order valence-electron chi connectivity index (χ1n) is 8.59. The minimum atomic E-state index is -0.485. The number of piperidine rings is 1. The van der Waals surface area contributed by atoms with E-state index in [0.717, 1.165) is 25.9 Å². The lowest BCUT2D eigenvalue weighted by atomic mass is 9.98. The van der Waals surface area contributed by atoms with Gasteiger partial charge in [0.2, 0.25) is 0 Å². The second-order valence-corrected chi connectivity index (χ2v) is 6.58. The molecule has 0 aliphatic carbocycles. The number of hydrogen-bond acceptors (Lipinski definition) is 2. The molecule has 1 aliphatic rings. The predicted octanol–water partition coefficient (Wildman–Crippen LogP) is 4.09. The lowest BCUT2D eigenvalue weighted by molar-refractivity contribution is 0.0944. The van der Waals surface area contributed by atoms with E-state index in [1.807, 2.05) is 0 Å². The van der Waals surface area contributed by atoms with Crippen LogP contribution in [0.5, 0.6) is 0 Å². The lowest BCUT2D eigenvalue weighted by Gasteiger charge is -2.22. The SMILES string of the molecule is Cc1cc(F)ccc1-c1ccc(C(=O)NCC2CCCNC2)cc1F.Cl. The van der Waals surface area contributed by atoms with Gasteiger partial charge in [-0.2, -0.15) is 0 Å². The maximum absolute atomic E-state index is 14.5. The fourth-order valence-corrected chi connectivity index (χ4v) is 3.24. The Hall–Kier alpha value is -1.98. The molecule has 3 rings (SSSR count). The summed E-state index contributed by atoms with van der Waals surface area (Å²) in [5, 5.41) is 6.18. The molecule has 0 bridgehead atoms. The Morgan fingerprint density at radius 3 is 2.62 bits per heavy atom. The highest BCUT2D eigenvalue weighted by molar-refractivity contribution is 5.94. The van der Waals surface area contributed by atoms with E-state index in [0.29, 0.717) is 34.7 Å². The summed E-state index contributed by atoms with van der Waals surface area (Å²) in [6.45, 7) is 4.25. The number of hydrogen-bond donors (Lipinski definition) is 2. The lowest BCUT2D eigenvalue weighted by Crippen LogP contribution is -2.38. The molecule has 1 atom stereocenters. The van der Waals surface area contributed by atoms with Gasteiger partial charge in [0.1, 0.15) is 11.6 Å². The van der Waals surface area contributed by atoms with Crippen LogP contribution in [0.25, 0.3) is 11.1 Å². The smallest absolute Gasteiger partial charge is 0.251 e. The third kappa shape index (κ3) is 4.80. The van der Waals surface area contributed by atoms with Crippen LogP contribution in [0.1, 0.15) is 28.8 Å². The summed E-state index contributed by atoms with van der Waals surface area (Å²) < 4.78 is 27.7. The number of nitrogens with one attached hydrogen (secondary N) is 2. The molecule has 1 heterocycles. The van der Waals surface area contributed by atoms with Gasteiger partial charge in [0.25, 0.3) is 5.91 Å². The van der Waals surface area contributed by atoms with Crippen molar-refractivity contribution in [1.29, 1.82) is 0 Å². The summed E-state index contributed by atoms with van der Waals surface area (Å²) in [4.78, 5) is 12.3. The van der Waals surface area contributed by atoms with E-state index in [4.69, 9.17) is 0 Å². The molecule has 1 unspecified atom stereocenters. The van der Waals surface area contributed by atoms with E-state index in [1.165, 1.54) is 18.2 Å². The normalized spacial score (nSPS) is 16.7. The minimum absolute atomic E-state index is 0. The van der Waals surface area contributed by atoms with Crippen molar-refractivity contribution in [3.63, 3.8) is 0 Å². The van der Waals surface area contributed by atoms with Crippen molar-refractivity contribution in [3.05, 3.63) is 59.2 Å². The third-order valence-corrected chi connectivity index (χ3v) is 4.66. The molecule has 0 saturated carbocycles. The number of aryl methyl sites for hydroxylation is 1. The number of halogens is 3. The summed E-state index contributed by atoms with van der Waals surface area (Å²) in [6, 6.07) is 8.65. The first-order valence-corrected chi connectivity index (χ1v) is 8.59. The molecule has 0 spiro atoms. The molecule has 2 aromatic rings. The van der Waals surface area contributed by atoms with Crippen molar-refractivity contribution in [1.82, 2.24) is 10.6 Å². The number of rotatable bonds is 4. The fraction of sp³-hybridized carbons (Fsp3) is 0.350. The second kappa shape index (κ2) is 9.10. The molecular formula is C20H23ClF2N2O. The zero-order valence-electron chi connectivity index (χ0n) is 14.6. The Labute approximate surface area is 158 Å². The van der Waals surface area contributed by atoms with Crippen LogP contribution in [0.4, 0.5) is 8.78 Å². The molecule has 0 aromatic heterocycles. The number of carbonyl (C=O) groups is 1. The molecule has 3 nitrogen and oxygen atoms in total. The van der Waals surface area contributed by atoms with Crippen molar-refractivity contribution >= 4 is 18.3 Å². The molecule has 2 aromatic carbocycles. The highest BCUT2D eigenvalue weighted by Crippen LogP contribution is 2.27. The third-order valence-electron chi connectivity index (χ3n) is 4.66. The van der Waals surface area contributed by atoms with Crippen molar-refractivity contribution in [3.8, 4) is 11.1 Å². The first-order chi connectivity index (χ1) is 12.0. The van der Waals surface area contributed by atoms with E-state index >= 15 is 0 Å². The van der Waals surface area contributed by atoms with Crippen LogP contribution >= 0.6 is 12.4 Å². The summed E-state index contributed by atoms with van der Waals surface area (Å²) in [6.07, 6.45) is 2.20. The monoisotopic (exact) mass is 380 g/mol. The van der Waals surface area contributed by atoms with Crippen molar-refractivity contribution < 1.29 is 13.6 Å². The van der Waals surface area contributed by atoms with Gasteiger partial charge < -0.3 is 10.6 Å². The summed E-state index contributed by atoms with van der Waals surface area (Å²) >= 11 is 0. The molecule has 140 valence electrons. The predicted molar refractivity (Wildman–Crippen MR) is 102 cm³/mol. The first kappa shape index (κ1) is 20.3. The van der Waals surface area contributed by atoms with Crippen LogP contribution in [-0.4, -0.2) is 25.5 Å². The van der Waals surface area contributed by atoms with E-state index in [9.17, 15) is 13.6 Å². The Morgan fingerprint density at radius 2 is 1.96 bits per heavy atom. The standard InChI is InChI=1S/C20H22F2N2O.ClH/c1-13-9-16(21)5-7-17(13)18-6-4-15(10-19(18)22)20(25)24-12-14-3-2-8-23-11-14;/h4-7,9-10,14,23H,2-3,8,11-12H2,1H3,(H,24,25);1H. The maximum Gasteiger partial charge on any atom is 0.251 e. The summed E-state index contributed by atoms with van der Waals surface area (Å²) in [5.41, 5.74) is 1.94. The Bertz CT molecular complexity index is 776. The van der Waals surface area contributed by atoms with Crippen LogP contribution in [-0.2, 0) is 0 Å². The zero-order valence-corrected chi connectivity index (χ0v) is 15.5. The van der Waals surface area contributed by atoms with E-state index in [2.05, 4.69) is 10.6 Å². The van der Waals surface area contributed by atoms with Gasteiger partial charge in [-0.05, 0) is 74.2 Å². The summed E-state index contributed by atoms with van der Waals surface area (Å²) in [7, 11) is 0. The fourth-order valence-electron chi connectivity index (χ4n) is 3.24. The van der Waals surface area contributed by atoms with Gasteiger partial charge in [-0.3, -0.25) is 4.79 Å². The molecular weight excluding hydrogens is 358 g/mol. The van der Waals surface area contributed by atoms with Crippen LogP contribution in [0.15, 0.2) is 36.4 Å². The molecule has 1 aliphatic heterocycles. The average molecular weight is 381 g/mol. The number of amides is 1. The average Bonchev–Trinajstić information content (AvgIpc) is 2.61. The number of carbonyl (C=O) groups excluding carboxylic acids is 1. The van der Waals surface area contributed by atoms with Crippen LogP contribution < -0.4 is 10.6 Å². The van der Waals surface area contributed by atoms with Gasteiger partial charge in [-0.15, -0.1) is 12.4 Å². The number of benzene rings is 2. The van der Waals surface area contributed by atoms with Crippen molar-refractivity contribution in [2.24, 2.45) is 5.92 Å². The summed E-state index contributed by atoms with van der Waals surface area (Å²) in [5.74, 6) is -0.688. The van der Waals surface area contributed by atoms with Gasteiger partial charge >= 0.3 is 0 Å². The molecule has 6 heteroatoms. The van der Waals surface area contributed by atoms with Crippen molar-refractivity contribution in [2.75, 3.05) is 19.6 Å². The van der Waals surface area contributed by atoms with Gasteiger partial charge in [0, 0.05) is 17.7 Å². The molecule has 1 amide bonds. The van der Waals surface area contributed by atoms with Gasteiger partial charge in [0.05, 0.1) is 0 Å². The van der Waals surface area contributed by atoms with Gasteiger partial charge in [-0.1, -0.05) is 12.1 Å². The highest BCUT2D eigenvalue weighted by atomic mass is 35.5. The van der Waals surface area contributed by atoms with Gasteiger partial charge in [-0.25, -0.2) is 8.78 Å². The van der Waals surface area contributed by atoms with Crippen LogP contribution in [0.3, 0.4) is 0 Å². The van der Waals surface area contributed by atoms with Crippen molar-refractivity contribution in [2.45, 2.75) is 19.8 Å². The molecule has 2 N–H and O–H groups in total. The van der Waals surface area contributed by atoms with Crippen LogP contribution in [0.2, 0.25) is 0 Å². The van der Waals surface area contributed by atoms with Crippen LogP contribution in [0, 0.1) is 24.5 Å². The largest absolute Gasteiger partial charge is 0.352 e.